The molecule has 0 aliphatic rings. The monoisotopic (exact) mass is 500 g/mol. The first-order chi connectivity index (χ1) is 17.0. The van der Waals surface area contributed by atoms with Gasteiger partial charge in [0.05, 0.1) is 23.7 Å². The van der Waals surface area contributed by atoms with Crippen LogP contribution in [0.3, 0.4) is 0 Å². The molecule has 3 aromatic carbocycles. The van der Waals surface area contributed by atoms with Crippen molar-refractivity contribution in [3.05, 3.63) is 112 Å². The Balaban J connectivity index is 1.70. The van der Waals surface area contributed by atoms with E-state index >= 15 is 0 Å². The maximum atomic E-state index is 12.4. The van der Waals surface area contributed by atoms with Crippen molar-refractivity contribution < 1.29 is 5.11 Å². The predicted octanol–water partition coefficient (Wildman–Crippen LogP) is 5.27. The Labute approximate surface area is 210 Å². The van der Waals surface area contributed by atoms with Gasteiger partial charge < -0.3 is 9.67 Å². The van der Waals surface area contributed by atoms with Crippen LogP contribution in [-0.2, 0) is 12.6 Å². The number of aromatic nitrogens is 6. The fourth-order valence-corrected chi connectivity index (χ4v) is 5.08. The summed E-state index contributed by atoms with van der Waals surface area (Å²) < 4.78 is 3.46. The lowest BCUT2D eigenvalue weighted by Gasteiger charge is -2.31. The maximum Gasteiger partial charge on any atom is 0.180 e. The second-order valence-corrected chi connectivity index (χ2v) is 9.17. The summed E-state index contributed by atoms with van der Waals surface area (Å²) >= 11 is 12.9. The number of hydrogen-bond acceptors (Lipinski definition) is 5. The zero-order valence-electron chi connectivity index (χ0n) is 18.5. The highest BCUT2D eigenvalue weighted by atomic mass is 35.5. The molecular formula is C26H18Cl2N6O. The lowest BCUT2D eigenvalue weighted by molar-refractivity contribution is 0.117. The van der Waals surface area contributed by atoms with Gasteiger partial charge in [-0.3, -0.25) is 0 Å². The molecule has 0 aliphatic heterocycles. The number of pyridine rings is 1. The van der Waals surface area contributed by atoms with Crippen LogP contribution in [0.15, 0.2) is 85.3 Å². The smallest absolute Gasteiger partial charge is 0.180 e. The number of halogens is 2. The van der Waals surface area contributed by atoms with Gasteiger partial charge in [0.15, 0.2) is 11.2 Å². The van der Waals surface area contributed by atoms with Crippen LogP contribution in [0.2, 0.25) is 10.0 Å². The normalized spacial score (nSPS) is 13.4. The Hall–Kier alpha value is -3.78. The molecule has 0 amide bonds. The van der Waals surface area contributed by atoms with E-state index in [4.69, 9.17) is 23.2 Å². The minimum absolute atomic E-state index is 0.447. The third-order valence-electron chi connectivity index (χ3n) is 6.29. The molecule has 0 aliphatic carbocycles. The Morgan fingerprint density at radius 1 is 0.943 bits per heavy atom. The van der Waals surface area contributed by atoms with Gasteiger partial charge in [0.1, 0.15) is 0 Å². The van der Waals surface area contributed by atoms with Gasteiger partial charge in [0.25, 0.3) is 0 Å². The van der Waals surface area contributed by atoms with Crippen LogP contribution in [0.1, 0.15) is 16.8 Å². The average molecular weight is 501 g/mol. The molecule has 0 radical (unpaired) electrons. The van der Waals surface area contributed by atoms with E-state index in [0.29, 0.717) is 32.5 Å². The third kappa shape index (κ3) is 3.39. The molecule has 0 saturated heterocycles. The third-order valence-corrected chi connectivity index (χ3v) is 6.85. The number of aryl methyl sites for hydroxylation is 1. The molecule has 35 heavy (non-hydrogen) atoms. The number of aliphatic hydroxyl groups is 1. The lowest BCUT2D eigenvalue weighted by Crippen LogP contribution is -2.31. The van der Waals surface area contributed by atoms with E-state index in [1.807, 2.05) is 73.8 Å². The molecule has 1 unspecified atom stereocenters. The molecule has 0 fully saturated rings. The molecule has 6 aromatic rings. The van der Waals surface area contributed by atoms with Crippen LogP contribution in [0, 0.1) is 0 Å². The van der Waals surface area contributed by atoms with Crippen LogP contribution in [0.5, 0.6) is 0 Å². The predicted molar refractivity (Wildman–Crippen MR) is 135 cm³/mol. The molecule has 172 valence electrons. The topological polar surface area (TPSA) is 81.1 Å². The fraction of sp³-hybridized carbons (Fsp3) is 0.0769. The van der Waals surface area contributed by atoms with Crippen molar-refractivity contribution in [2.45, 2.75) is 5.60 Å². The molecule has 0 bridgehead atoms. The zero-order valence-corrected chi connectivity index (χ0v) is 20.0. The van der Waals surface area contributed by atoms with Gasteiger partial charge in [0, 0.05) is 28.0 Å². The van der Waals surface area contributed by atoms with Crippen molar-refractivity contribution in [3.8, 4) is 11.1 Å². The van der Waals surface area contributed by atoms with E-state index in [9.17, 15) is 5.11 Å². The summed E-state index contributed by atoms with van der Waals surface area (Å²) in [5.41, 5.74) is 3.38. The van der Waals surface area contributed by atoms with E-state index < -0.39 is 5.60 Å². The number of nitrogens with zero attached hydrogens (tertiary/aromatic N) is 6. The second-order valence-electron chi connectivity index (χ2n) is 8.33. The van der Waals surface area contributed by atoms with Gasteiger partial charge in [-0.05, 0) is 63.5 Å². The Morgan fingerprint density at radius 3 is 2.57 bits per heavy atom. The van der Waals surface area contributed by atoms with Gasteiger partial charge >= 0.3 is 0 Å². The van der Waals surface area contributed by atoms with Crippen LogP contribution in [0.25, 0.3) is 27.7 Å². The molecule has 3 aromatic heterocycles. The summed E-state index contributed by atoms with van der Waals surface area (Å²) in [5, 5.41) is 26.5. The average Bonchev–Trinajstić information content (AvgIpc) is 3.52. The van der Waals surface area contributed by atoms with Crippen LogP contribution >= 0.6 is 23.2 Å². The van der Waals surface area contributed by atoms with Crippen molar-refractivity contribution in [2.24, 2.45) is 7.05 Å². The van der Waals surface area contributed by atoms with E-state index in [-0.39, 0.29) is 0 Å². The molecule has 1 N–H and O–H groups in total. The highest BCUT2D eigenvalue weighted by Gasteiger charge is 2.38. The second kappa shape index (κ2) is 8.16. The first kappa shape index (κ1) is 21.7. The number of hydrogen-bond donors (Lipinski definition) is 1. The number of rotatable bonds is 4. The molecule has 3 heterocycles. The summed E-state index contributed by atoms with van der Waals surface area (Å²) in [6, 6.07) is 22.5. The Bertz CT molecular complexity index is 1730. The molecule has 1 atom stereocenters. The van der Waals surface area contributed by atoms with E-state index in [1.54, 1.807) is 27.7 Å². The molecular weight excluding hydrogens is 483 g/mol. The van der Waals surface area contributed by atoms with Gasteiger partial charge in [-0.15, -0.1) is 5.10 Å². The van der Waals surface area contributed by atoms with Gasteiger partial charge in [-0.1, -0.05) is 59.6 Å². The first-order valence-corrected chi connectivity index (χ1v) is 11.6. The van der Waals surface area contributed by atoms with Crippen molar-refractivity contribution in [1.29, 1.82) is 0 Å². The van der Waals surface area contributed by atoms with Crippen molar-refractivity contribution in [2.75, 3.05) is 0 Å². The molecule has 7 nitrogen and oxygen atoms in total. The Kier molecular flexibility index (Phi) is 5.07. The minimum Gasteiger partial charge on any atom is -0.374 e. The maximum absolute atomic E-state index is 12.4. The highest BCUT2D eigenvalue weighted by molar-refractivity contribution is 6.31. The van der Waals surface area contributed by atoms with Gasteiger partial charge in [0.2, 0.25) is 0 Å². The summed E-state index contributed by atoms with van der Waals surface area (Å²) in [7, 11) is 1.84. The summed E-state index contributed by atoms with van der Waals surface area (Å²) in [4.78, 5) is 4.25. The number of imidazole rings is 1. The molecule has 6 rings (SSSR count). The van der Waals surface area contributed by atoms with E-state index in [1.165, 1.54) is 0 Å². The standard InChI is InChI=1S/C26H18Cl2N6O/c1-33-15-29-14-24(33)26(35,21-7-2-3-8-22(21)28)17-9-10-23-20(12-17)19(13-25-30-31-32-34(23)25)16-5-4-6-18(27)11-16/h2-15,35H,1H3. The number of tetrazole rings is 1. The zero-order chi connectivity index (χ0) is 24.2. The largest absolute Gasteiger partial charge is 0.374 e. The van der Waals surface area contributed by atoms with Crippen LogP contribution in [0.4, 0.5) is 0 Å². The Morgan fingerprint density at radius 2 is 1.80 bits per heavy atom. The van der Waals surface area contributed by atoms with E-state index in [0.717, 1.165) is 22.0 Å². The lowest BCUT2D eigenvalue weighted by atomic mass is 9.82. The summed E-state index contributed by atoms with van der Waals surface area (Å²) in [5.74, 6) is 0. The highest BCUT2D eigenvalue weighted by Crippen LogP contribution is 2.42. The molecule has 0 spiro atoms. The summed E-state index contributed by atoms with van der Waals surface area (Å²) in [6.07, 6.45) is 3.30. The molecule has 0 saturated carbocycles. The first-order valence-electron chi connectivity index (χ1n) is 10.8. The van der Waals surface area contributed by atoms with Crippen molar-refractivity contribution >= 4 is 39.8 Å². The minimum atomic E-state index is -1.57. The SMILES string of the molecule is Cn1cncc1C(O)(c1ccc2c(c1)c(-c1cccc(Cl)c1)cc1nnnn12)c1ccccc1Cl. The van der Waals surface area contributed by atoms with Gasteiger partial charge in [-0.25, -0.2) is 4.98 Å². The van der Waals surface area contributed by atoms with E-state index in [2.05, 4.69) is 20.5 Å². The summed E-state index contributed by atoms with van der Waals surface area (Å²) in [6.45, 7) is 0. The van der Waals surface area contributed by atoms with Crippen molar-refractivity contribution in [3.63, 3.8) is 0 Å². The van der Waals surface area contributed by atoms with Gasteiger partial charge in [-0.2, -0.15) is 4.52 Å². The fourth-order valence-electron chi connectivity index (χ4n) is 4.62. The quantitative estimate of drug-likeness (QED) is 0.356. The number of benzene rings is 3. The van der Waals surface area contributed by atoms with Crippen LogP contribution < -0.4 is 0 Å². The van der Waals surface area contributed by atoms with Crippen LogP contribution in [-0.4, -0.2) is 34.7 Å². The van der Waals surface area contributed by atoms with Crippen molar-refractivity contribution in [1.82, 2.24) is 29.6 Å². The number of fused-ring (bicyclic) bond motifs is 3. The molecule has 9 heteroatoms.